The summed E-state index contributed by atoms with van der Waals surface area (Å²) in [6, 6.07) is 14.3. The molecule has 3 nitrogen and oxygen atoms in total. The van der Waals surface area contributed by atoms with Crippen molar-refractivity contribution < 1.29 is 0 Å². The standard InChI is InChI=1S/C19H17N3/c1-13-5-4-6-14(2)18(13)17-11-15(12-20)7-8-16(17)19-21-9-10-22(19)3/h4-11H,1-3H3. The Labute approximate surface area is 130 Å². The van der Waals surface area contributed by atoms with Crippen LogP contribution in [0.5, 0.6) is 0 Å². The van der Waals surface area contributed by atoms with Crippen LogP contribution in [0.15, 0.2) is 48.8 Å². The zero-order chi connectivity index (χ0) is 15.7. The fourth-order valence-corrected chi connectivity index (χ4v) is 2.88. The van der Waals surface area contributed by atoms with Crippen LogP contribution in [-0.4, -0.2) is 9.55 Å². The summed E-state index contributed by atoms with van der Waals surface area (Å²) in [5.41, 5.74) is 6.34. The number of aryl methyl sites for hydroxylation is 3. The van der Waals surface area contributed by atoms with E-state index in [9.17, 15) is 5.26 Å². The van der Waals surface area contributed by atoms with E-state index < -0.39 is 0 Å². The third kappa shape index (κ3) is 2.29. The lowest BCUT2D eigenvalue weighted by Crippen LogP contribution is -1.97. The van der Waals surface area contributed by atoms with Gasteiger partial charge in [0, 0.05) is 25.0 Å². The van der Waals surface area contributed by atoms with Gasteiger partial charge in [-0.25, -0.2) is 4.98 Å². The SMILES string of the molecule is Cc1cccc(C)c1-c1cc(C#N)ccc1-c1nccn1C. The highest BCUT2D eigenvalue weighted by molar-refractivity contribution is 5.85. The molecule has 0 aliphatic heterocycles. The van der Waals surface area contributed by atoms with E-state index in [0.717, 1.165) is 17.0 Å². The summed E-state index contributed by atoms with van der Waals surface area (Å²) >= 11 is 0. The monoisotopic (exact) mass is 287 g/mol. The normalized spacial score (nSPS) is 10.5. The molecule has 0 unspecified atom stereocenters. The first-order valence-electron chi connectivity index (χ1n) is 7.20. The van der Waals surface area contributed by atoms with Crippen molar-refractivity contribution in [1.29, 1.82) is 5.26 Å². The second-order valence-corrected chi connectivity index (χ2v) is 5.50. The van der Waals surface area contributed by atoms with Crippen molar-refractivity contribution in [1.82, 2.24) is 9.55 Å². The van der Waals surface area contributed by atoms with Crippen molar-refractivity contribution in [2.45, 2.75) is 13.8 Å². The Balaban J connectivity index is 2.35. The summed E-state index contributed by atoms with van der Waals surface area (Å²) in [6.45, 7) is 4.20. The maximum atomic E-state index is 9.25. The summed E-state index contributed by atoms with van der Waals surface area (Å²) in [7, 11) is 1.98. The van der Waals surface area contributed by atoms with E-state index >= 15 is 0 Å². The number of rotatable bonds is 2. The molecule has 2 aromatic carbocycles. The molecule has 0 bridgehead atoms. The fourth-order valence-electron chi connectivity index (χ4n) is 2.88. The van der Waals surface area contributed by atoms with Crippen molar-refractivity contribution >= 4 is 0 Å². The van der Waals surface area contributed by atoms with E-state index in [1.165, 1.54) is 16.7 Å². The van der Waals surface area contributed by atoms with Gasteiger partial charge < -0.3 is 4.57 Å². The zero-order valence-corrected chi connectivity index (χ0v) is 13.0. The van der Waals surface area contributed by atoms with Gasteiger partial charge in [-0.15, -0.1) is 0 Å². The highest BCUT2D eigenvalue weighted by Crippen LogP contribution is 2.35. The number of nitriles is 1. The largest absolute Gasteiger partial charge is 0.334 e. The molecule has 3 rings (SSSR count). The van der Waals surface area contributed by atoms with E-state index in [2.05, 4.69) is 43.1 Å². The van der Waals surface area contributed by atoms with Gasteiger partial charge in [-0.2, -0.15) is 5.26 Å². The van der Waals surface area contributed by atoms with Crippen molar-refractivity contribution in [2.75, 3.05) is 0 Å². The topological polar surface area (TPSA) is 41.6 Å². The summed E-state index contributed by atoms with van der Waals surface area (Å²) in [6.07, 6.45) is 3.73. The lowest BCUT2D eigenvalue weighted by Gasteiger charge is -2.15. The van der Waals surface area contributed by atoms with Crippen molar-refractivity contribution in [3.05, 3.63) is 65.5 Å². The Kier molecular flexibility index (Phi) is 3.52. The molecule has 0 saturated heterocycles. The quantitative estimate of drug-likeness (QED) is 0.707. The van der Waals surface area contributed by atoms with Gasteiger partial charge in [-0.05, 0) is 54.3 Å². The van der Waals surface area contributed by atoms with E-state index in [1.54, 1.807) is 6.20 Å². The van der Waals surface area contributed by atoms with Crippen LogP contribution in [0.1, 0.15) is 16.7 Å². The average Bonchev–Trinajstić information content (AvgIpc) is 2.93. The van der Waals surface area contributed by atoms with E-state index in [4.69, 9.17) is 0 Å². The maximum absolute atomic E-state index is 9.25. The minimum absolute atomic E-state index is 0.663. The molecule has 0 aliphatic carbocycles. The molecule has 1 heterocycles. The number of imidazole rings is 1. The first-order valence-corrected chi connectivity index (χ1v) is 7.20. The van der Waals surface area contributed by atoms with Crippen LogP contribution in [0.2, 0.25) is 0 Å². The third-order valence-corrected chi connectivity index (χ3v) is 3.96. The minimum Gasteiger partial charge on any atom is -0.334 e. The molecular formula is C19H17N3. The van der Waals surface area contributed by atoms with E-state index in [1.807, 2.05) is 36.0 Å². The molecule has 3 aromatic rings. The maximum Gasteiger partial charge on any atom is 0.140 e. The number of aromatic nitrogens is 2. The number of hydrogen-bond donors (Lipinski definition) is 0. The highest BCUT2D eigenvalue weighted by Gasteiger charge is 2.15. The second kappa shape index (κ2) is 5.50. The van der Waals surface area contributed by atoms with E-state index in [-0.39, 0.29) is 0 Å². The molecule has 0 radical (unpaired) electrons. The summed E-state index contributed by atoms with van der Waals surface area (Å²) < 4.78 is 2.00. The van der Waals surface area contributed by atoms with Crippen LogP contribution < -0.4 is 0 Å². The lowest BCUT2D eigenvalue weighted by atomic mass is 9.91. The molecule has 22 heavy (non-hydrogen) atoms. The Bertz CT molecular complexity index is 862. The van der Waals surface area contributed by atoms with Crippen LogP contribution in [0.4, 0.5) is 0 Å². The van der Waals surface area contributed by atoms with Crippen LogP contribution in [0.3, 0.4) is 0 Å². The molecule has 0 saturated carbocycles. The third-order valence-electron chi connectivity index (χ3n) is 3.96. The summed E-state index contributed by atoms with van der Waals surface area (Å²) in [5, 5.41) is 9.25. The van der Waals surface area contributed by atoms with Gasteiger partial charge in [-0.1, -0.05) is 18.2 Å². The van der Waals surface area contributed by atoms with Gasteiger partial charge in [0.2, 0.25) is 0 Å². The molecule has 1 aromatic heterocycles. The molecule has 0 aliphatic rings. The Morgan fingerprint density at radius 2 is 1.77 bits per heavy atom. The molecule has 0 N–H and O–H groups in total. The van der Waals surface area contributed by atoms with Gasteiger partial charge in [0.1, 0.15) is 5.82 Å². The molecule has 108 valence electrons. The van der Waals surface area contributed by atoms with Crippen molar-refractivity contribution in [3.8, 4) is 28.6 Å². The van der Waals surface area contributed by atoms with E-state index in [0.29, 0.717) is 5.56 Å². The van der Waals surface area contributed by atoms with Crippen LogP contribution in [0, 0.1) is 25.2 Å². The fraction of sp³-hybridized carbons (Fsp3) is 0.158. The van der Waals surface area contributed by atoms with Gasteiger partial charge in [0.15, 0.2) is 0 Å². The van der Waals surface area contributed by atoms with Crippen molar-refractivity contribution in [2.24, 2.45) is 7.05 Å². The second-order valence-electron chi connectivity index (χ2n) is 5.50. The predicted molar refractivity (Wildman–Crippen MR) is 88.3 cm³/mol. The summed E-state index contributed by atoms with van der Waals surface area (Å²) in [5.74, 6) is 0.905. The molecular weight excluding hydrogens is 270 g/mol. The molecule has 0 spiro atoms. The Morgan fingerprint density at radius 3 is 2.36 bits per heavy atom. The van der Waals surface area contributed by atoms with Crippen molar-refractivity contribution in [3.63, 3.8) is 0 Å². The van der Waals surface area contributed by atoms with Gasteiger partial charge in [0.05, 0.1) is 11.6 Å². The number of nitrogens with zero attached hydrogens (tertiary/aromatic N) is 3. The van der Waals surface area contributed by atoms with Gasteiger partial charge >= 0.3 is 0 Å². The Hall–Kier alpha value is -2.86. The molecule has 0 atom stereocenters. The number of hydrogen-bond acceptors (Lipinski definition) is 2. The van der Waals surface area contributed by atoms with Crippen LogP contribution >= 0.6 is 0 Å². The minimum atomic E-state index is 0.663. The zero-order valence-electron chi connectivity index (χ0n) is 13.0. The van der Waals surface area contributed by atoms with Gasteiger partial charge in [0.25, 0.3) is 0 Å². The smallest absolute Gasteiger partial charge is 0.140 e. The highest BCUT2D eigenvalue weighted by atomic mass is 15.0. The predicted octanol–water partition coefficient (Wildman–Crippen LogP) is 4.24. The number of benzene rings is 2. The molecule has 0 fully saturated rings. The van der Waals surface area contributed by atoms with Crippen LogP contribution in [0.25, 0.3) is 22.5 Å². The average molecular weight is 287 g/mol. The molecule has 3 heteroatoms. The lowest BCUT2D eigenvalue weighted by molar-refractivity contribution is 0.925. The summed E-state index contributed by atoms with van der Waals surface area (Å²) in [4.78, 5) is 4.47. The first kappa shape index (κ1) is 14.1. The first-order chi connectivity index (χ1) is 10.6. The molecule has 0 amide bonds. The van der Waals surface area contributed by atoms with Gasteiger partial charge in [-0.3, -0.25) is 0 Å². The van der Waals surface area contributed by atoms with Crippen LogP contribution in [-0.2, 0) is 7.05 Å². The Morgan fingerprint density at radius 1 is 1.05 bits per heavy atom.